The largest absolute Gasteiger partial charge is 0.372 e. The van der Waals surface area contributed by atoms with Crippen molar-refractivity contribution in [2.75, 3.05) is 30.8 Å². The van der Waals surface area contributed by atoms with Crippen LogP contribution in [0.4, 0.5) is 11.8 Å². The topological polar surface area (TPSA) is 74.8 Å². The van der Waals surface area contributed by atoms with Gasteiger partial charge in [0, 0.05) is 25.3 Å². The van der Waals surface area contributed by atoms with E-state index in [4.69, 9.17) is 0 Å². The number of aryl methyl sites for hydroxylation is 2. The number of rotatable bonds is 3. The molecule has 3 heterocycles. The summed E-state index contributed by atoms with van der Waals surface area (Å²) < 4.78 is 0. The Bertz CT molecular complexity index is 633. The summed E-state index contributed by atoms with van der Waals surface area (Å²) in [4.78, 5) is 13.7. The van der Waals surface area contributed by atoms with Crippen LogP contribution in [-0.4, -0.2) is 41.1 Å². The van der Waals surface area contributed by atoms with Crippen molar-refractivity contribution in [3.8, 4) is 0 Å². The van der Waals surface area contributed by atoms with Gasteiger partial charge >= 0.3 is 0 Å². The van der Waals surface area contributed by atoms with Crippen molar-refractivity contribution in [3.05, 3.63) is 17.3 Å². The van der Waals surface area contributed by atoms with Gasteiger partial charge in [-0.2, -0.15) is 9.97 Å². The molecule has 1 aliphatic rings. The lowest BCUT2D eigenvalue weighted by atomic mass is 10.1. The van der Waals surface area contributed by atoms with Crippen LogP contribution in [0.15, 0.2) is 6.07 Å². The Labute approximate surface area is 118 Å². The van der Waals surface area contributed by atoms with E-state index in [0.29, 0.717) is 12.0 Å². The summed E-state index contributed by atoms with van der Waals surface area (Å²) in [5, 5.41) is 10.9. The van der Waals surface area contributed by atoms with Crippen LogP contribution in [-0.2, 0) is 0 Å². The van der Waals surface area contributed by atoms with Crippen LogP contribution in [0.5, 0.6) is 0 Å². The Morgan fingerprint density at radius 3 is 2.80 bits per heavy atom. The monoisotopic (exact) mass is 272 g/mol. The van der Waals surface area contributed by atoms with E-state index in [9.17, 15) is 0 Å². The fourth-order valence-corrected chi connectivity index (χ4v) is 2.68. The molecule has 106 valence electrons. The highest BCUT2D eigenvalue weighted by Gasteiger charge is 2.17. The first kappa shape index (κ1) is 13.1. The van der Waals surface area contributed by atoms with Gasteiger partial charge in [-0.3, -0.25) is 0 Å². The van der Waals surface area contributed by atoms with E-state index < -0.39 is 0 Å². The Morgan fingerprint density at radius 2 is 2.10 bits per heavy atom. The maximum absolute atomic E-state index is 4.57. The van der Waals surface area contributed by atoms with E-state index in [1.807, 2.05) is 14.0 Å². The summed E-state index contributed by atoms with van der Waals surface area (Å²) in [6, 6.07) is 2.45. The van der Waals surface area contributed by atoms with Crippen LogP contribution >= 0.6 is 0 Å². The maximum atomic E-state index is 4.57. The molecule has 0 spiro atoms. The molecular formula is C14H20N6. The fourth-order valence-electron chi connectivity index (χ4n) is 2.68. The Hall–Kier alpha value is -1.95. The lowest BCUT2D eigenvalue weighted by molar-refractivity contribution is 0.782. The van der Waals surface area contributed by atoms with Crippen molar-refractivity contribution < 1.29 is 0 Å². The average molecular weight is 272 g/mol. The predicted octanol–water partition coefficient (Wildman–Crippen LogP) is 1.46. The Balaban J connectivity index is 2.05. The minimum atomic E-state index is 0.392. The molecule has 0 saturated carbocycles. The average Bonchev–Trinajstić information content (AvgIpc) is 2.89. The molecule has 0 amide bonds. The van der Waals surface area contributed by atoms with Crippen LogP contribution < -0.4 is 16.0 Å². The number of aromatic nitrogens is 3. The Morgan fingerprint density at radius 1 is 1.25 bits per heavy atom. The quantitative estimate of drug-likeness (QED) is 0.785. The van der Waals surface area contributed by atoms with Gasteiger partial charge in [-0.15, -0.1) is 0 Å². The van der Waals surface area contributed by atoms with E-state index in [1.54, 1.807) is 0 Å². The molecule has 2 aromatic rings. The third-order valence-electron chi connectivity index (χ3n) is 3.62. The first-order valence-electron chi connectivity index (χ1n) is 6.98. The molecule has 0 aromatic carbocycles. The van der Waals surface area contributed by atoms with E-state index in [2.05, 4.69) is 43.9 Å². The third-order valence-corrected chi connectivity index (χ3v) is 3.62. The zero-order valence-electron chi connectivity index (χ0n) is 12.1. The molecule has 0 unspecified atom stereocenters. The SMILES string of the molecule is CNc1nc(N[C@@H]2CCNC2)nc2nc(C)cc(C)c12. The minimum Gasteiger partial charge on any atom is -0.372 e. The molecule has 3 rings (SSSR count). The number of pyridine rings is 1. The van der Waals surface area contributed by atoms with Crippen molar-refractivity contribution in [3.63, 3.8) is 0 Å². The van der Waals surface area contributed by atoms with Crippen LogP contribution in [0, 0.1) is 13.8 Å². The number of hydrogen-bond donors (Lipinski definition) is 3. The van der Waals surface area contributed by atoms with Gasteiger partial charge in [-0.1, -0.05) is 0 Å². The van der Waals surface area contributed by atoms with Crippen molar-refractivity contribution in [2.24, 2.45) is 0 Å². The molecule has 2 aromatic heterocycles. The van der Waals surface area contributed by atoms with Crippen LogP contribution in [0.1, 0.15) is 17.7 Å². The highest BCUT2D eigenvalue weighted by atomic mass is 15.2. The second-order valence-electron chi connectivity index (χ2n) is 5.26. The lowest BCUT2D eigenvalue weighted by Gasteiger charge is -2.14. The molecule has 0 radical (unpaired) electrons. The van der Waals surface area contributed by atoms with Gasteiger partial charge in [0.2, 0.25) is 5.95 Å². The molecule has 3 N–H and O–H groups in total. The zero-order chi connectivity index (χ0) is 14.1. The first-order chi connectivity index (χ1) is 9.67. The second-order valence-corrected chi connectivity index (χ2v) is 5.26. The summed E-state index contributed by atoms with van der Waals surface area (Å²) in [7, 11) is 1.88. The number of nitrogens with one attached hydrogen (secondary N) is 3. The molecule has 1 atom stereocenters. The van der Waals surface area contributed by atoms with Crippen LogP contribution in [0.25, 0.3) is 11.0 Å². The molecule has 6 nitrogen and oxygen atoms in total. The van der Waals surface area contributed by atoms with Crippen molar-refractivity contribution in [2.45, 2.75) is 26.3 Å². The van der Waals surface area contributed by atoms with E-state index in [0.717, 1.165) is 47.6 Å². The standard InChI is InChI=1S/C14H20N6/c1-8-6-9(2)17-13-11(8)12(15-3)19-14(20-13)18-10-4-5-16-7-10/h6,10,16H,4-5,7H2,1-3H3,(H2,15,17,18,19,20)/t10-/m1/s1. The number of hydrogen-bond acceptors (Lipinski definition) is 6. The van der Waals surface area contributed by atoms with Gasteiger partial charge < -0.3 is 16.0 Å². The molecule has 1 fully saturated rings. The highest BCUT2D eigenvalue weighted by Crippen LogP contribution is 2.25. The summed E-state index contributed by atoms with van der Waals surface area (Å²) >= 11 is 0. The molecular weight excluding hydrogens is 252 g/mol. The van der Waals surface area contributed by atoms with Gasteiger partial charge in [0.05, 0.1) is 5.39 Å². The molecule has 1 saturated heterocycles. The predicted molar refractivity (Wildman–Crippen MR) is 81.3 cm³/mol. The molecule has 20 heavy (non-hydrogen) atoms. The fraction of sp³-hybridized carbons (Fsp3) is 0.500. The summed E-state index contributed by atoms with van der Waals surface area (Å²) in [6.45, 7) is 6.05. The molecule has 1 aliphatic heterocycles. The van der Waals surface area contributed by atoms with E-state index in [1.165, 1.54) is 0 Å². The van der Waals surface area contributed by atoms with Crippen molar-refractivity contribution >= 4 is 22.8 Å². The summed E-state index contributed by atoms with van der Waals surface area (Å²) in [5.74, 6) is 1.47. The summed E-state index contributed by atoms with van der Waals surface area (Å²) in [6.07, 6.45) is 1.09. The van der Waals surface area contributed by atoms with Gasteiger partial charge in [0.15, 0.2) is 5.65 Å². The smallest absolute Gasteiger partial charge is 0.226 e. The maximum Gasteiger partial charge on any atom is 0.226 e. The molecule has 0 aliphatic carbocycles. The molecule has 6 heteroatoms. The number of nitrogens with zero attached hydrogens (tertiary/aromatic N) is 3. The first-order valence-corrected chi connectivity index (χ1v) is 6.98. The van der Waals surface area contributed by atoms with Crippen LogP contribution in [0.3, 0.4) is 0 Å². The minimum absolute atomic E-state index is 0.392. The van der Waals surface area contributed by atoms with Gasteiger partial charge in [-0.25, -0.2) is 4.98 Å². The van der Waals surface area contributed by atoms with Crippen molar-refractivity contribution in [1.82, 2.24) is 20.3 Å². The van der Waals surface area contributed by atoms with Crippen molar-refractivity contribution in [1.29, 1.82) is 0 Å². The zero-order valence-corrected chi connectivity index (χ0v) is 12.1. The normalized spacial score (nSPS) is 18.4. The molecule has 0 bridgehead atoms. The van der Waals surface area contributed by atoms with Gasteiger partial charge in [0.25, 0.3) is 0 Å². The summed E-state index contributed by atoms with van der Waals surface area (Å²) in [5.41, 5.74) is 2.87. The Kier molecular flexibility index (Phi) is 3.40. The van der Waals surface area contributed by atoms with Gasteiger partial charge in [-0.05, 0) is 38.4 Å². The van der Waals surface area contributed by atoms with E-state index >= 15 is 0 Å². The van der Waals surface area contributed by atoms with E-state index in [-0.39, 0.29) is 0 Å². The highest BCUT2D eigenvalue weighted by molar-refractivity contribution is 5.90. The number of anilines is 2. The lowest BCUT2D eigenvalue weighted by Crippen LogP contribution is -2.23. The van der Waals surface area contributed by atoms with Gasteiger partial charge in [0.1, 0.15) is 5.82 Å². The van der Waals surface area contributed by atoms with Crippen LogP contribution in [0.2, 0.25) is 0 Å². The number of fused-ring (bicyclic) bond motifs is 1. The third kappa shape index (κ3) is 2.38. The second kappa shape index (κ2) is 5.20.